The van der Waals surface area contributed by atoms with Gasteiger partial charge < -0.3 is 4.90 Å². The van der Waals surface area contributed by atoms with E-state index in [1.807, 2.05) is 0 Å². The fraction of sp³-hybridized carbons (Fsp3) is 0.538. The standard InChI is InChI=1S/C13H17FN.BrH.Zn/c14-13-7-5-6-12(10-13)11-15-8-3-1-2-4-9-15;;/h5,7,10H,1-4,8-9,11H2;1H;/q-1;;+2/p-1. The molecule has 0 bridgehead atoms. The molecule has 0 spiro atoms. The van der Waals surface area contributed by atoms with Crippen LogP contribution in [0.4, 0.5) is 4.39 Å². The summed E-state index contributed by atoms with van der Waals surface area (Å²) >= 11 is 4.25. The van der Waals surface area contributed by atoms with Gasteiger partial charge in [0.1, 0.15) is 0 Å². The summed E-state index contributed by atoms with van der Waals surface area (Å²) in [7, 11) is 0. The third kappa shape index (κ3) is 6.08. The Morgan fingerprint density at radius 2 is 1.88 bits per heavy atom. The minimum atomic E-state index is -0.154. The van der Waals surface area contributed by atoms with Gasteiger partial charge >= 0.3 is 30.0 Å². The third-order valence-electron chi connectivity index (χ3n) is 2.92. The van der Waals surface area contributed by atoms with Crippen LogP contribution in [-0.2, 0) is 22.9 Å². The first-order valence-electron chi connectivity index (χ1n) is 6.00. The van der Waals surface area contributed by atoms with E-state index >= 15 is 0 Å². The molecule has 0 unspecified atom stereocenters. The van der Waals surface area contributed by atoms with Gasteiger partial charge in [-0.25, -0.2) is 4.39 Å². The van der Waals surface area contributed by atoms with Crippen molar-refractivity contribution in [1.29, 1.82) is 0 Å². The van der Waals surface area contributed by atoms with Crippen molar-refractivity contribution < 1.29 is 20.7 Å². The molecule has 1 saturated heterocycles. The molecule has 1 nitrogen and oxygen atoms in total. The Hall–Kier alpha value is 0.213. The predicted octanol–water partition coefficient (Wildman–Crippen LogP) is 3.84. The summed E-state index contributed by atoms with van der Waals surface area (Å²) in [6.45, 7) is 3.13. The van der Waals surface area contributed by atoms with Gasteiger partial charge in [0, 0.05) is 12.4 Å². The van der Waals surface area contributed by atoms with Crippen molar-refractivity contribution >= 4 is 13.6 Å². The Kier molecular flexibility index (Phi) is 8.25. The van der Waals surface area contributed by atoms with Gasteiger partial charge in [-0.1, -0.05) is 12.8 Å². The minimum absolute atomic E-state index is 0.154. The van der Waals surface area contributed by atoms with Crippen LogP contribution in [0.15, 0.2) is 18.2 Å². The number of likely N-dealkylation sites (tertiary alicyclic amines) is 1. The molecule has 0 aromatic heterocycles. The first kappa shape index (κ1) is 15.3. The molecule has 2 rings (SSSR count). The molecule has 0 aliphatic carbocycles. The summed E-state index contributed by atoms with van der Waals surface area (Å²) in [6, 6.07) is 7.80. The number of rotatable bonds is 2. The molecule has 4 heteroatoms. The summed E-state index contributed by atoms with van der Waals surface area (Å²) in [5.74, 6) is -0.154. The van der Waals surface area contributed by atoms with E-state index in [0.29, 0.717) is 0 Å². The first-order chi connectivity index (χ1) is 8.34. The Morgan fingerprint density at radius 3 is 2.47 bits per heavy atom. The van der Waals surface area contributed by atoms with Crippen molar-refractivity contribution in [3.8, 4) is 0 Å². The molecule has 0 saturated carbocycles. The molecule has 1 aliphatic heterocycles. The van der Waals surface area contributed by atoms with E-state index in [1.165, 1.54) is 48.1 Å². The number of nitrogens with zero attached hydrogens (tertiary/aromatic N) is 1. The van der Waals surface area contributed by atoms with E-state index in [1.54, 1.807) is 12.1 Å². The molecule has 1 heterocycles. The number of hydrogen-bond acceptors (Lipinski definition) is 1. The van der Waals surface area contributed by atoms with Gasteiger partial charge in [-0.2, -0.15) is 12.1 Å². The number of halogens is 2. The molecular formula is C13H17BrFNZn. The zero-order valence-corrected chi connectivity index (χ0v) is 14.6. The average molecular weight is 352 g/mol. The summed E-state index contributed by atoms with van der Waals surface area (Å²) < 4.78 is 13.0. The fourth-order valence-electron chi connectivity index (χ4n) is 2.11. The van der Waals surface area contributed by atoms with E-state index in [9.17, 15) is 4.39 Å². The predicted molar refractivity (Wildman–Crippen MR) is 67.9 cm³/mol. The van der Waals surface area contributed by atoms with Crippen LogP contribution in [-0.4, -0.2) is 18.0 Å². The van der Waals surface area contributed by atoms with E-state index in [2.05, 4.69) is 24.6 Å². The van der Waals surface area contributed by atoms with Crippen LogP contribution in [0, 0.1) is 11.9 Å². The average Bonchev–Trinajstić information content (AvgIpc) is 2.60. The summed E-state index contributed by atoms with van der Waals surface area (Å²) in [4.78, 5) is 2.40. The molecule has 90 valence electrons. The van der Waals surface area contributed by atoms with Crippen molar-refractivity contribution in [2.24, 2.45) is 0 Å². The third-order valence-corrected chi connectivity index (χ3v) is 2.92. The molecule has 1 aliphatic rings. The molecule has 1 aromatic carbocycles. The normalized spacial score (nSPS) is 16.9. The second-order valence-corrected chi connectivity index (χ2v) is 4.22. The molecule has 0 atom stereocenters. The van der Waals surface area contributed by atoms with Crippen molar-refractivity contribution in [2.45, 2.75) is 32.2 Å². The zero-order chi connectivity index (χ0) is 12.5. The van der Waals surface area contributed by atoms with Gasteiger partial charge in [-0.05, 0) is 25.9 Å². The Morgan fingerprint density at radius 1 is 1.24 bits per heavy atom. The first-order valence-corrected chi connectivity index (χ1v) is 12.9. The Bertz CT molecular complexity index is 314. The van der Waals surface area contributed by atoms with Gasteiger partial charge in [0.25, 0.3) is 0 Å². The molecular weight excluding hydrogens is 334 g/mol. The second-order valence-electron chi connectivity index (χ2n) is 4.22. The molecule has 0 N–H and O–H groups in total. The number of hydrogen-bond donors (Lipinski definition) is 0. The molecule has 17 heavy (non-hydrogen) atoms. The Labute approximate surface area is 120 Å². The molecule has 0 amide bonds. The topological polar surface area (TPSA) is 3.24 Å². The van der Waals surface area contributed by atoms with Crippen LogP contribution in [0.25, 0.3) is 0 Å². The monoisotopic (exact) mass is 349 g/mol. The zero-order valence-electron chi connectivity index (χ0n) is 10.1. The van der Waals surface area contributed by atoms with Gasteiger partial charge in [0.2, 0.25) is 0 Å². The quantitative estimate of drug-likeness (QED) is 0.578. The molecule has 1 aromatic rings. The van der Waals surface area contributed by atoms with Crippen LogP contribution < -0.4 is 0 Å². The SMILES string of the molecule is Fc1cc[c-]c(CN2CCCCCC2)c1.[Zn+][Br]. The van der Waals surface area contributed by atoms with Gasteiger partial charge in [0.15, 0.2) is 0 Å². The Balaban J connectivity index is 0.000000686. The maximum absolute atomic E-state index is 13.0. The number of benzene rings is 1. The van der Waals surface area contributed by atoms with Crippen LogP contribution in [0.2, 0.25) is 0 Å². The van der Waals surface area contributed by atoms with E-state index in [-0.39, 0.29) is 5.82 Å². The van der Waals surface area contributed by atoms with E-state index in [4.69, 9.17) is 0 Å². The maximum atomic E-state index is 13.0. The van der Waals surface area contributed by atoms with Gasteiger partial charge in [-0.3, -0.25) is 0 Å². The van der Waals surface area contributed by atoms with Crippen LogP contribution >= 0.6 is 13.6 Å². The summed E-state index contributed by atoms with van der Waals surface area (Å²) in [5.41, 5.74) is 0.969. The van der Waals surface area contributed by atoms with E-state index < -0.39 is 0 Å². The summed E-state index contributed by atoms with van der Waals surface area (Å²) in [6.07, 6.45) is 5.22. The van der Waals surface area contributed by atoms with Crippen molar-refractivity contribution in [3.63, 3.8) is 0 Å². The van der Waals surface area contributed by atoms with Crippen LogP contribution in [0.3, 0.4) is 0 Å². The molecule has 1 fully saturated rings. The van der Waals surface area contributed by atoms with Crippen LogP contribution in [0.1, 0.15) is 31.2 Å². The van der Waals surface area contributed by atoms with Crippen molar-refractivity contribution in [1.82, 2.24) is 4.90 Å². The van der Waals surface area contributed by atoms with Crippen molar-refractivity contribution in [3.05, 3.63) is 35.6 Å². The van der Waals surface area contributed by atoms with Crippen LogP contribution in [0.5, 0.6) is 0 Å². The van der Waals surface area contributed by atoms with Crippen molar-refractivity contribution in [2.75, 3.05) is 13.1 Å². The van der Waals surface area contributed by atoms with Gasteiger partial charge in [0.05, 0.1) is 0 Å². The van der Waals surface area contributed by atoms with E-state index in [0.717, 1.165) is 25.2 Å². The van der Waals surface area contributed by atoms with Gasteiger partial charge in [-0.15, -0.1) is 17.7 Å². The fourth-order valence-corrected chi connectivity index (χ4v) is 2.11. The second kappa shape index (κ2) is 9.18. The summed E-state index contributed by atoms with van der Waals surface area (Å²) in [5, 5.41) is 0. The molecule has 0 radical (unpaired) electrons.